The van der Waals surface area contributed by atoms with Gasteiger partial charge >= 0.3 is 5.97 Å². The number of fused-ring (bicyclic) bond motifs is 1. The first-order valence-corrected chi connectivity index (χ1v) is 7.48. The Morgan fingerprint density at radius 2 is 2.04 bits per heavy atom. The highest BCUT2D eigenvalue weighted by atomic mass is 16.6. The van der Waals surface area contributed by atoms with E-state index in [0.717, 1.165) is 11.1 Å². The molecule has 0 aliphatic heterocycles. The number of ether oxygens (including phenoxy) is 1. The molecule has 0 saturated carbocycles. The number of aliphatic hydroxyl groups is 1. The molecule has 0 aliphatic rings. The van der Waals surface area contributed by atoms with E-state index < -0.39 is 11.4 Å². The average Bonchev–Trinajstić information content (AvgIpc) is 2.51. The van der Waals surface area contributed by atoms with Crippen LogP contribution in [0.15, 0.2) is 29.2 Å². The maximum atomic E-state index is 12.4. The molecule has 0 amide bonds. The number of aromatic carboxylic acids is 1. The Morgan fingerprint density at radius 3 is 2.65 bits per heavy atom. The monoisotopic (exact) mass is 318 g/mol. The van der Waals surface area contributed by atoms with Gasteiger partial charge in [0, 0.05) is 18.1 Å². The van der Waals surface area contributed by atoms with E-state index in [-0.39, 0.29) is 11.9 Å². The van der Waals surface area contributed by atoms with E-state index in [1.165, 1.54) is 13.1 Å². The molecule has 1 radical (unpaired) electrons. The molecule has 0 bridgehead atoms. The van der Waals surface area contributed by atoms with Gasteiger partial charge in [-0.05, 0) is 44.4 Å². The van der Waals surface area contributed by atoms with Gasteiger partial charge in [0.15, 0.2) is 0 Å². The normalized spacial score (nSPS) is 11.3. The van der Waals surface area contributed by atoms with Gasteiger partial charge in [0.05, 0.1) is 12.1 Å². The fourth-order valence-electron chi connectivity index (χ4n) is 2.51. The fourth-order valence-corrected chi connectivity index (χ4v) is 2.51. The highest BCUT2D eigenvalue weighted by Crippen LogP contribution is 2.16. The van der Waals surface area contributed by atoms with E-state index in [1.807, 2.05) is 19.1 Å². The number of nitrogens with zero attached hydrogens (tertiary/aromatic N) is 1. The summed E-state index contributed by atoms with van der Waals surface area (Å²) in [6.45, 7) is 4.33. The predicted molar refractivity (Wildman–Crippen MR) is 86.0 cm³/mol. The third-order valence-electron chi connectivity index (χ3n) is 3.64. The van der Waals surface area contributed by atoms with Crippen LogP contribution in [0.25, 0.3) is 10.9 Å². The lowest BCUT2D eigenvalue weighted by atomic mass is 10.0. The molecule has 1 aromatic carbocycles. The summed E-state index contributed by atoms with van der Waals surface area (Å²) in [5.41, 5.74) is 0.973. The lowest BCUT2D eigenvalue weighted by Gasteiger charge is -2.11. The van der Waals surface area contributed by atoms with Gasteiger partial charge in [0.2, 0.25) is 11.7 Å². The Kier molecular flexibility index (Phi) is 5.52. The second kappa shape index (κ2) is 7.39. The number of aromatic nitrogens is 1. The van der Waals surface area contributed by atoms with Gasteiger partial charge in [0.1, 0.15) is 5.56 Å². The third kappa shape index (κ3) is 3.97. The minimum absolute atomic E-state index is 0.0690. The van der Waals surface area contributed by atoms with Gasteiger partial charge in [-0.25, -0.2) is 4.79 Å². The SMILES string of the molecule is CCn1cc(C(=O)O)c(=O)c2cc(CCCO[C](C)O)ccc21. The molecule has 23 heavy (non-hydrogen) atoms. The Labute approximate surface area is 133 Å². The molecule has 0 spiro atoms. The second-order valence-corrected chi connectivity index (χ2v) is 5.29. The molecule has 1 aromatic heterocycles. The van der Waals surface area contributed by atoms with E-state index in [2.05, 4.69) is 0 Å². The molecule has 123 valence electrons. The highest BCUT2D eigenvalue weighted by Gasteiger charge is 2.14. The number of hydrogen-bond acceptors (Lipinski definition) is 4. The van der Waals surface area contributed by atoms with Crippen molar-refractivity contribution < 1.29 is 19.7 Å². The number of hydrogen-bond donors (Lipinski definition) is 2. The number of pyridine rings is 1. The molecule has 0 aliphatic carbocycles. The summed E-state index contributed by atoms with van der Waals surface area (Å²) in [5, 5.41) is 18.6. The van der Waals surface area contributed by atoms with Crippen molar-refractivity contribution in [3.05, 3.63) is 52.0 Å². The molecule has 0 fully saturated rings. The first-order chi connectivity index (χ1) is 10.9. The van der Waals surface area contributed by atoms with Crippen LogP contribution in [-0.2, 0) is 17.7 Å². The number of rotatable bonds is 7. The van der Waals surface area contributed by atoms with Crippen LogP contribution in [0.1, 0.15) is 36.2 Å². The zero-order valence-electron chi connectivity index (χ0n) is 13.2. The minimum Gasteiger partial charge on any atom is -0.477 e. The lowest BCUT2D eigenvalue weighted by molar-refractivity contribution is 0.0140. The van der Waals surface area contributed by atoms with Crippen LogP contribution < -0.4 is 5.43 Å². The van der Waals surface area contributed by atoms with Crippen LogP contribution in [0.4, 0.5) is 0 Å². The molecule has 0 unspecified atom stereocenters. The van der Waals surface area contributed by atoms with Crippen LogP contribution in [0.3, 0.4) is 0 Å². The van der Waals surface area contributed by atoms with Crippen LogP contribution in [-0.4, -0.2) is 27.4 Å². The summed E-state index contributed by atoms with van der Waals surface area (Å²) in [4.78, 5) is 23.6. The van der Waals surface area contributed by atoms with Crippen LogP contribution in [0.2, 0.25) is 0 Å². The molecule has 0 saturated heterocycles. The van der Waals surface area contributed by atoms with Crippen molar-refractivity contribution in [1.29, 1.82) is 0 Å². The van der Waals surface area contributed by atoms with Crippen molar-refractivity contribution in [2.45, 2.75) is 33.2 Å². The topological polar surface area (TPSA) is 88.8 Å². The zero-order chi connectivity index (χ0) is 17.0. The molecular formula is C17H20NO5. The summed E-state index contributed by atoms with van der Waals surface area (Å²) < 4.78 is 6.75. The van der Waals surface area contributed by atoms with E-state index in [9.17, 15) is 14.7 Å². The largest absolute Gasteiger partial charge is 0.477 e. The Balaban J connectivity index is 2.35. The van der Waals surface area contributed by atoms with Crippen molar-refractivity contribution >= 4 is 16.9 Å². The van der Waals surface area contributed by atoms with Gasteiger partial charge in [0.25, 0.3) is 0 Å². The second-order valence-electron chi connectivity index (χ2n) is 5.29. The first kappa shape index (κ1) is 17.2. The number of carboxylic acids is 1. The molecular weight excluding hydrogens is 298 g/mol. The standard InChI is InChI=1S/C17H20NO5/c1-3-18-10-14(17(21)22)16(20)13-9-12(6-7-15(13)18)5-4-8-23-11(2)19/h6-7,9-10,19H,3-5,8H2,1-2H3,(H,21,22). The number of aliphatic hydroxyl groups excluding tert-OH is 1. The van der Waals surface area contributed by atoms with Crippen LogP contribution in [0.5, 0.6) is 0 Å². The summed E-state index contributed by atoms with van der Waals surface area (Å²) in [6.07, 6.45) is 2.68. The minimum atomic E-state index is -1.22. The Morgan fingerprint density at radius 1 is 1.30 bits per heavy atom. The predicted octanol–water partition coefficient (Wildman–Crippen LogP) is 2.55. The number of aryl methyl sites for hydroxylation is 2. The van der Waals surface area contributed by atoms with Gasteiger partial charge in [-0.1, -0.05) is 6.07 Å². The van der Waals surface area contributed by atoms with Crippen molar-refractivity contribution in [2.24, 2.45) is 0 Å². The Hall–Kier alpha value is -2.18. The van der Waals surface area contributed by atoms with Gasteiger partial charge in [-0.3, -0.25) is 4.79 Å². The third-order valence-corrected chi connectivity index (χ3v) is 3.64. The average molecular weight is 318 g/mol. The van der Waals surface area contributed by atoms with Crippen molar-refractivity contribution in [3.63, 3.8) is 0 Å². The molecule has 6 nitrogen and oxygen atoms in total. The molecule has 2 aromatic rings. The van der Waals surface area contributed by atoms with Gasteiger partial charge < -0.3 is 19.5 Å². The molecule has 2 N–H and O–H groups in total. The molecule has 0 atom stereocenters. The lowest BCUT2D eigenvalue weighted by Crippen LogP contribution is -2.18. The van der Waals surface area contributed by atoms with E-state index in [0.29, 0.717) is 31.4 Å². The maximum Gasteiger partial charge on any atom is 0.341 e. The van der Waals surface area contributed by atoms with Crippen molar-refractivity contribution in [3.8, 4) is 0 Å². The van der Waals surface area contributed by atoms with Gasteiger partial charge in [-0.2, -0.15) is 0 Å². The fraction of sp³-hybridized carbons (Fsp3) is 0.353. The molecule has 2 rings (SSSR count). The van der Waals surface area contributed by atoms with Crippen molar-refractivity contribution in [1.82, 2.24) is 4.57 Å². The number of carbonyl (C=O) groups is 1. The summed E-state index contributed by atoms with van der Waals surface area (Å²) in [5.74, 6) is -1.22. The maximum absolute atomic E-state index is 12.4. The van der Waals surface area contributed by atoms with E-state index in [1.54, 1.807) is 10.6 Å². The summed E-state index contributed by atoms with van der Waals surface area (Å²) in [6, 6.07) is 5.50. The number of benzene rings is 1. The molecule has 6 heteroatoms. The van der Waals surface area contributed by atoms with Crippen LogP contribution in [0, 0.1) is 6.29 Å². The van der Waals surface area contributed by atoms with Crippen molar-refractivity contribution in [2.75, 3.05) is 6.61 Å². The Bertz CT molecular complexity index is 763. The molecule has 1 heterocycles. The van der Waals surface area contributed by atoms with Crippen LogP contribution >= 0.6 is 0 Å². The van der Waals surface area contributed by atoms with Gasteiger partial charge in [-0.15, -0.1) is 0 Å². The summed E-state index contributed by atoms with van der Waals surface area (Å²) in [7, 11) is 0. The van der Waals surface area contributed by atoms with E-state index in [4.69, 9.17) is 9.84 Å². The highest BCUT2D eigenvalue weighted by molar-refractivity contribution is 5.92. The number of carboxylic acid groups (broad SMARTS) is 1. The first-order valence-electron chi connectivity index (χ1n) is 7.48. The zero-order valence-corrected chi connectivity index (χ0v) is 13.2. The van der Waals surface area contributed by atoms with E-state index >= 15 is 0 Å². The smallest absolute Gasteiger partial charge is 0.341 e. The quantitative estimate of drug-likeness (QED) is 0.766. The summed E-state index contributed by atoms with van der Waals surface area (Å²) >= 11 is 0.